The Bertz CT molecular complexity index is 2210. The fraction of sp³-hybridized carbons (Fsp3) is 0.0968. The summed E-state index contributed by atoms with van der Waals surface area (Å²) >= 11 is 4.60. The number of rotatable bonds is 5. The topological polar surface area (TPSA) is 134 Å². The van der Waals surface area contributed by atoms with Gasteiger partial charge in [-0.1, -0.05) is 47.7 Å². The molecular weight excluding hydrogens is 636 g/mol. The average Bonchev–Trinajstić information content (AvgIpc) is 3.59. The minimum absolute atomic E-state index is 0.0458. The zero-order chi connectivity index (χ0) is 29.8. The number of hydrogen-bond donors (Lipinski definition) is 0. The zero-order valence-corrected chi connectivity index (χ0v) is 24.5. The summed E-state index contributed by atoms with van der Waals surface area (Å²) in [7, 11) is 0. The molecule has 5 aromatic rings. The Balaban J connectivity index is 1.38. The SMILES string of the molecule is O=c1/c(=C\c2ccc(-c3ccc([N+](=O)[O-])cc3Br)o2)sc2n1[C@H](c1cccc([N+](=O)[O-])c1)C1=C(N=2)c2ccccc2CC1. The summed E-state index contributed by atoms with van der Waals surface area (Å²) in [5.41, 5.74) is 4.82. The van der Waals surface area contributed by atoms with Gasteiger partial charge in [0.1, 0.15) is 11.5 Å². The van der Waals surface area contributed by atoms with E-state index in [4.69, 9.17) is 9.41 Å². The standard InChI is InChI=1S/C31H19BrN4O6S/c32-25-15-20(36(40)41)9-12-23(25)26-13-10-21(42-26)16-27-30(37)34-29(18-5-3-6-19(14-18)35(38)39)24-11-8-17-4-1-2-7-22(17)28(24)33-31(34)43-27/h1-7,9-10,12-16,29H,8,11H2/b27-16+/t29-/m1/s1. The minimum atomic E-state index is -0.551. The number of thiazole rings is 1. The number of benzene rings is 3. The molecule has 212 valence electrons. The Morgan fingerprint density at radius 3 is 2.51 bits per heavy atom. The summed E-state index contributed by atoms with van der Waals surface area (Å²) < 4.78 is 8.55. The molecule has 0 unspecified atom stereocenters. The summed E-state index contributed by atoms with van der Waals surface area (Å²) in [6.07, 6.45) is 3.08. The quantitative estimate of drug-likeness (QED) is 0.165. The number of nitro benzene ring substituents is 2. The molecule has 0 spiro atoms. The molecule has 0 fully saturated rings. The first kappa shape index (κ1) is 26.9. The van der Waals surface area contributed by atoms with Gasteiger partial charge in [-0.2, -0.15) is 0 Å². The van der Waals surface area contributed by atoms with E-state index < -0.39 is 15.9 Å². The molecule has 7 rings (SSSR count). The van der Waals surface area contributed by atoms with E-state index in [-0.39, 0.29) is 16.9 Å². The van der Waals surface area contributed by atoms with Crippen LogP contribution in [0.25, 0.3) is 23.1 Å². The molecule has 12 heteroatoms. The van der Waals surface area contributed by atoms with E-state index >= 15 is 0 Å². The number of nitrogens with zero attached hydrogens (tertiary/aromatic N) is 4. The van der Waals surface area contributed by atoms with Gasteiger partial charge < -0.3 is 4.42 Å². The van der Waals surface area contributed by atoms with Crippen LogP contribution < -0.4 is 14.9 Å². The first-order valence-electron chi connectivity index (χ1n) is 13.2. The van der Waals surface area contributed by atoms with Crippen LogP contribution in [0, 0.1) is 20.2 Å². The summed E-state index contributed by atoms with van der Waals surface area (Å²) in [5.74, 6) is 0.897. The molecule has 1 aliphatic heterocycles. The molecule has 3 aromatic carbocycles. The third-order valence-corrected chi connectivity index (χ3v) is 9.24. The monoisotopic (exact) mass is 654 g/mol. The molecule has 2 aromatic heterocycles. The van der Waals surface area contributed by atoms with E-state index in [1.54, 1.807) is 34.9 Å². The van der Waals surface area contributed by atoms with Crippen LogP contribution >= 0.6 is 27.3 Å². The summed E-state index contributed by atoms with van der Waals surface area (Å²) in [6.45, 7) is 0. The summed E-state index contributed by atoms with van der Waals surface area (Å²) in [6, 6.07) is 21.8. The van der Waals surface area contributed by atoms with Gasteiger partial charge in [0.2, 0.25) is 0 Å². The number of aryl methyl sites for hydroxylation is 1. The maximum atomic E-state index is 14.0. The molecule has 1 atom stereocenters. The van der Waals surface area contributed by atoms with E-state index in [1.807, 2.05) is 24.3 Å². The fourth-order valence-corrected chi connectivity index (χ4v) is 7.20. The highest BCUT2D eigenvalue weighted by molar-refractivity contribution is 9.10. The number of allylic oxidation sites excluding steroid dienone is 1. The van der Waals surface area contributed by atoms with Crippen molar-refractivity contribution in [1.29, 1.82) is 0 Å². The smallest absolute Gasteiger partial charge is 0.271 e. The maximum absolute atomic E-state index is 14.0. The van der Waals surface area contributed by atoms with Crippen LogP contribution in [-0.4, -0.2) is 14.4 Å². The second kappa shape index (κ2) is 10.4. The Morgan fingerprint density at radius 1 is 0.930 bits per heavy atom. The number of hydrogen-bond acceptors (Lipinski definition) is 8. The van der Waals surface area contributed by atoms with Crippen molar-refractivity contribution < 1.29 is 14.3 Å². The van der Waals surface area contributed by atoms with Crippen LogP contribution in [0.5, 0.6) is 0 Å². The van der Waals surface area contributed by atoms with Crippen LogP contribution in [0.3, 0.4) is 0 Å². The van der Waals surface area contributed by atoms with E-state index in [0.29, 0.717) is 42.9 Å². The maximum Gasteiger partial charge on any atom is 0.271 e. The molecule has 0 bridgehead atoms. The van der Waals surface area contributed by atoms with E-state index in [1.165, 1.54) is 41.2 Å². The summed E-state index contributed by atoms with van der Waals surface area (Å²) in [5, 5.41) is 22.7. The normalized spacial score (nSPS) is 15.8. The lowest BCUT2D eigenvalue weighted by atomic mass is 9.83. The predicted octanol–water partition coefficient (Wildman–Crippen LogP) is 6.16. The van der Waals surface area contributed by atoms with Gasteiger partial charge in [0.05, 0.1) is 26.1 Å². The average molecular weight is 655 g/mol. The lowest BCUT2D eigenvalue weighted by Gasteiger charge is -2.30. The second-order valence-corrected chi connectivity index (χ2v) is 12.0. The van der Waals surface area contributed by atoms with Gasteiger partial charge >= 0.3 is 0 Å². The molecule has 0 N–H and O–H groups in total. The van der Waals surface area contributed by atoms with Crippen molar-refractivity contribution in [1.82, 2.24) is 4.57 Å². The van der Waals surface area contributed by atoms with Gasteiger partial charge in [-0.25, -0.2) is 4.99 Å². The number of halogens is 1. The van der Waals surface area contributed by atoms with Crippen LogP contribution in [0.4, 0.5) is 11.4 Å². The Morgan fingerprint density at radius 2 is 1.72 bits per heavy atom. The number of nitro groups is 2. The van der Waals surface area contributed by atoms with Gasteiger partial charge in [-0.15, -0.1) is 0 Å². The van der Waals surface area contributed by atoms with Crippen molar-refractivity contribution in [2.75, 3.05) is 0 Å². The highest BCUT2D eigenvalue weighted by Crippen LogP contribution is 2.41. The highest BCUT2D eigenvalue weighted by Gasteiger charge is 2.33. The Hall–Kier alpha value is -4.94. The van der Waals surface area contributed by atoms with E-state index in [0.717, 1.165) is 23.3 Å². The molecule has 0 saturated carbocycles. The predicted molar refractivity (Wildman–Crippen MR) is 164 cm³/mol. The van der Waals surface area contributed by atoms with Gasteiger partial charge in [-0.05, 0) is 63.7 Å². The third-order valence-electron chi connectivity index (χ3n) is 7.60. The van der Waals surface area contributed by atoms with Crippen molar-refractivity contribution in [2.24, 2.45) is 4.99 Å². The molecule has 43 heavy (non-hydrogen) atoms. The van der Waals surface area contributed by atoms with Gasteiger partial charge in [0.25, 0.3) is 16.9 Å². The molecule has 10 nitrogen and oxygen atoms in total. The van der Waals surface area contributed by atoms with Crippen LogP contribution in [-0.2, 0) is 6.42 Å². The first-order chi connectivity index (χ1) is 20.8. The van der Waals surface area contributed by atoms with Crippen molar-refractivity contribution in [3.63, 3.8) is 0 Å². The van der Waals surface area contributed by atoms with Crippen LogP contribution in [0.15, 0.2) is 103 Å². The second-order valence-electron chi connectivity index (χ2n) is 10.1. The first-order valence-corrected chi connectivity index (χ1v) is 14.8. The van der Waals surface area contributed by atoms with E-state index in [9.17, 15) is 25.0 Å². The molecule has 0 amide bonds. The molecular formula is C31H19BrN4O6S. The Kier molecular flexibility index (Phi) is 6.51. The lowest BCUT2D eigenvalue weighted by Crippen LogP contribution is -2.38. The highest BCUT2D eigenvalue weighted by atomic mass is 79.9. The molecule has 0 saturated heterocycles. The van der Waals surface area contributed by atoms with Gasteiger partial charge in [0.15, 0.2) is 4.80 Å². The van der Waals surface area contributed by atoms with Crippen LogP contribution in [0.2, 0.25) is 0 Å². The Labute approximate surface area is 255 Å². The number of aromatic nitrogens is 1. The third kappa shape index (κ3) is 4.64. The molecule has 0 radical (unpaired) electrons. The molecule has 1 aliphatic carbocycles. The molecule has 3 heterocycles. The van der Waals surface area contributed by atoms with Gasteiger partial charge in [-0.3, -0.25) is 29.6 Å². The largest absolute Gasteiger partial charge is 0.457 e. The minimum Gasteiger partial charge on any atom is -0.457 e. The summed E-state index contributed by atoms with van der Waals surface area (Å²) in [4.78, 5) is 41.3. The number of furan rings is 1. The van der Waals surface area contributed by atoms with E-state index in [2.05, 4.69) is 22.0 Å². The van der Waals surface area contributed by atoms with Crippen LogP contribution in [0.1, 0.15) is 34.9 Å². The fourth-order valence-electron chi connectivity index (χ4n) is 5.65. The lowest BCUT2D eigenvalue weighted by molar-refractivity contribution is -0.385. The van der Waals surface area contributed by atoms with Crippen molar-refractivity contribution in [3.8, 4) is 11.3 Å². The van der Waals surface area contributed by atoms with Gasteiger partial charge in [0, 0.05) is 45.9 Å². The number of non-ortho nitro benzene ring substituents is 2. The molecule has 2 aliphatic rings. The van der Waals surface area contributed by atoms with Crippen molar-refractivity contribution in [3.05, 3.63) is 151 Å². The van der Waals surface area contributed by atoms with Crippen molar-refractivity contribution in [2.45, 2.75) is 18.9 Å². The zero-order valence-electron chi connectivity index (χ0n) is 22.1. The van der Waals surface area contributed by atoms with Crippen molar-refractivity contribution >= 4 is 50.4 Å². The number of fused-ring (bicyclic) bond motifs is 3.